The van der Waals surface area contributed by atoms with Crippen molar-refractivity contribution in [2.24, 2.45) is 0 Å². The van der Waals surface area contributed by atoms with E-state index in [2.05, 4.69) is 20.7 Å². The summed E-state index contributed by atoms with van der Waals surface area (Å²) in [6.45, 7) is -2.01. The maximum atomic E-state index is 12.1. The Labute approximate surface area is 124 Å². The van der Waals surface area contributed by atoms with E-state index in [0.29, 0.717) is 18.7 Å². The zero-order valence-electron chi connectivity index (χ0n) is 11.2. The number of halogens is 3. The molecule has 4 nitrogen and oxygen atoms in total. The van der Waals surface area contributed by atoms with Crippen LogP contribution >= 0.6 is 15.9 Å². The molecule has 0 aliphatic rings. The smallest absolute Gasteiger partial charge is 0.387 e. The lowest BCUT2D eigenvalue weighted by Gasteiger charge is -2.20. The summed E-state index contributed by atoms with van der Waals surface area (Å²) in [7, 11) is 3.20. The van der Waals surface area contributed by atoms with Crippen molar-refractivity contribution in [1.82, 2.24) is 4.90 Å². The van der Waals surface area contributed by atoms with Gasteiger partial charge in [-0.15, -0.1) is 0 Å². The van der Waals surface area contributed by atoms with Crippen LogP contribution in [0.2, 0.25) is 0 Å². The summed E-state index contributed by atoms with van der Waals surface area (Å²) in [6.07, 6.45) is 0. The fraction of sp³-hybridized carbons (Fsp3) is 0.462. The molecule has 7 heteroatoms. The Morgan fingerprint density at radius 1 is 1.45 bits per heavy atom. The Bertz CT molecular complexity index is 445. The standard InChI is InChI=1S/C13H16BrF2NO3/c1-17(7-10(14)8-19-2)12(18)9-4-3-5-11(6-9)20-13(15)16/h3-6,10,13H,7-8H2,1-2H3. The van der Waals surface area contributed by atoms with Gasteiger partial charge in [0.2, 0.25) is 0 Å². The molecule has 0 N–H and O–H groups in total. The highest BCUT2D eigenvalue weighted by Crippen LogP contribution is 2.17. The van der Waals surface area contributed by atoms with E-state index in [4.69, 9.17) is 4.74 Å². The van der Waals surface area contributed by atoms with Crippen LogP contribution in [0.5, 0.6) is 5.75 Å². The lowest BCUT2D eigenvalue weighted by atomic mass is 10.2. The molecule has 0 heterocycles. The number of methoxy groups -OCH3 is 1. The third kappa shape index (κ3) is 5.42. The van der Waals surface area contributed by atoms with E-state index >= 15 is 0 Å². The van der Waals surface area contributed by atoms with Gasteiger partial charge in [-0.1, -0.05) is 22.0 Å². The second-order valence-electron chi connectivity index (χ2n) is 4.14. The first-order valence-corrected chi connectivity index (χ1v) is 6.79. The lowest BCUT2D eigenvalue weighted by molar-refractivity contribution is -0.0499. The minimum Gasteiger partial charge on any atom is -0.435 e. The van der Waals surface area contributed by atoms with Gasteiger partial charge >= 0.3 is 6.61 Å². The Hall–Kier alpha value is -1.21. The summed E-state index contributed by atoms with van der Waals surface area (Å²) in [5.74, 6) is -0.309. The maximum absolute atomic E-state index is 12.1. The van der Waals surface area contributed by atoms with Crippen molar-refractivity contribution in [3.8, 4) is 5.75 Å². The zero-order valence-corrected chi connectivity index (χ0v) is 12.8. The van der Waals surface area contributed by atoms with Crippen molar-refractivity contribution in [1.29, 1.82) is 0 Å². The highest BCUT2D eigenvalue weighted by Gasteiger charge is 2.16. The second-order valence-corrected chi connectivity index (χ2v) is 5.44. The van der Waals surface area contributed by atoms with Crippen LogP contribution in [0.15, 0.2) is 24.3 Å². The normalized spacial score (nSPS) is 12.3. The molecular formula is C13H16BrF2NO3. The number of nitrogens with zero attached hydrogens (tertiary/aromatic N) is 1. The van der Waals surface area contributed by atoms with Crippen molar-refractivity contribution in [3.63, 3.8) is 0 Å². The number of benzene rings is 1. The van der Waals surface area contributed by atoms with Gasteiger partial charge in [0.25, 0.3) is 5.91 Å². The SMILES string of the molecule is COCC(Br)CN(C)C(=O)c1cccc(OC(F)F)c1. The maximum Gasteiger partial charge on any atom is 0.387 e. The molecule has 1 aromatic carbocycles. The summed E-state index contributed by atoms with van der Waals surface area (Å²) in [5.41, 5.74) is 0.294. The third-order valence-corrected chi connectivity index (χ3v) is 3.03. The first kappa shape index (κ1) is 16.8. The Balaban J connectivity index is 2.71. The van der Waals surface area contributed by atoms with Crippen molar-refractivity contribution >= 4 is 21.8 Å². The second kappa shape index (κ2) is 8.16. The van der Waals surface area contributed by atoms with Gasteiger partial charge in [-0.2, -0.15) is 8.78 Å². The summed E-state index contributed by atoms with van der Waals surface area (Å²) < 4.78 is 33.5. The first-order chi connectivity index (χ1) is 9.43. The molecule has 0 aromatic heterocycles. The van der Waals surface area contributed by atoms with Crippen LogP contribution in [0.1, 0.15) is 10.4 Å². The number of hydrogen-bond acceptors (Lipinski definition) is 3. The molecule has 0 aliphatic heterocycles. The van der Waals surface area contributed by atoms with Gasteiger partial charge in [0, 0.05) is 26.3 Å². The van der Waals surface area contributed by atoms with Crippen molar-refractivity contribution in [2.45, 2.75) is 11.4 Å². The van der Waals surface area contributed by atoms with E-state index in [1.807, 2.05) is 0 Å². The van der Waals surface area contributed by atoms with Crippen LogP contribution in [0.4, 0.5) is 8.78 Å². The van der Waals surface area contributed by atoms with Gasteiger partial charge in [-0.25, -0.2) is 0 Å². The number of alkyl halides is 3. The molecule has 0 spiro atoms. The minimum absolute atomic E-state index is 0.00180. The molecule has 1 unspecified atom stereocenters. The highest BCUT2D eigenvalue weighted by atomic mass is 79.9. The van der Waals surface area contributed by atoms with Gasteiger partial charge in [0.15, 0.2) is 0 Å². The molecule has 112 valence electrons. The third-order valence-electron chi connectivity index (χ3n) is 2.47. The molecule has 0 radical (unpaired) electrons. The number of carbonyl (C=O) groups is 1. The van der Waals surface area contributed by atoms with E-state index in [1.165, 1.54) is 23.1 Å². The van der Waals surface area contributed by atoms with E-state index in [-0.39, 0.29) is 16.5 Å². The van der Waals surface area contributed by atoms with E-state index < -0.39 is 6.61 Å². The number of carbonyl (C=O) groups excluding carboxylic acids is 1. The van der Waals surface area contributed by atoms with Crippen molar-refractivity contribution in [2.75, 3.05) is 27.3 Å². The predicted octanol–water partition coefficient (Wildman–Crippen LogP) is 2.77. The fourth-order valence-electron chi connectivity index (χ4n) is 1.64. The molecule has 1 aromatic rings. The monoisotopic (exact) mass is 351 g/mol. The van der Waals surface area contributed by atoms with Gasteiger partial charge in [0.1, 0.15) is 5.75 Å². The Morgan fingerprint density at radius 3 is 2.75 bits per heavy atom. The lowest BCUT2D eigenvalue weighted by Crippen LogP contribution is -2.33. The van der Waals surface area contributed by atoms with Crippen LogP contribution < -0.4 is 4.74 Å². The molecule has 1 rings (SSSR count). The molecule has 0 fully saturated rings. The summed E-state index contributed by atoms with van der Waals surface area (Å²) >= 11 is 3.38. The largest absolute Gasteiger partial charge is 0.435 e. The average molecular weight is 352 g/mol. The van der Waals surface area contributed by atoms with Crippen LogP contribution in [-0.2, 0) is 4.74 Å². The van der Waals surface area contributed by atoms with Crippen LogP contribution in [0.3, 0.4) is 0 Å². The Kier molecular flexibility index (Phi) is 6.87. The number of rotatable bonds is 7. The van der Waals surface area contributed by atoms with Gasteiger partial charge in [0.05, 0.1) is 11.4 Å². The average Bonchev–Trinajstić information content (AvgIpc) is 2.37. The summed E-state index contributed by atoms with van der Waals surface area (Å²) in [5, 5.41) is 0. The van der Waals surface area contributed by atoms with Crippen LogP contribution in [-0.4, -0.2) is 49.6 Å². The number of ether oxygens (including phenoxy) is 2. The molecular weight excluding hydrogens is 336 g/mol. The Morgan fingerprint density at radius 2 is 2.15 bits per heavy atom. The molecule has 0 aliphatic carbocycles. The zero-order chi connectivity index (χ0) is 15.1. The minimum atomic E-state index is -2.91. The topological polar surface area (TPSA) is 38.8 Å². The first-order valence-electron chi connectivity index (χ1n) is 5.87. The number of amides is 1. The quantitative estimate of drug-likeness (QED) is 0.709. The van der Waals surface area contributed by atoms with E-state index in [9.17, 15) is 13.6 Å². The van der Waals surface area contributed by atoms with Crippen molar-refractivity contribution in [3.05, 3.63) is 29.8 Å². The van der Waals surface area contributed by atoms with Crippen molar-refractivity contribution < 1.29 is 23.0 Å². The molecule has 0 saturated carbocycles. The van der Waals surface area contributed by atoms with Gasteiger partial charge < -0.3 is 14.4 Å². The molecule has 1 atom stereocenters. The molecule has 1 amide bonds. The van der Waals surface area contributed by atoms with E-state index in [1.54, 1.807) is 20.2 Å². The summed E-state index contributed by atoms with van der Waals surface area (Å²) in [6, 6.07) is 5.72. The molecule has 20 heavy (non-hydrogen) atoms. The van der Waals surface area contributed by atoms with Gasteiger partial charge in [-0.3, -0.25) is 4.79 Å². The molecule has 0 saturated heterocycles. The highest BCUT2D eigenvalue weighted by molar-refractivity contribution is 9.09. The van der Waals surface area contributed by atoms with E-state index in [0.717, 1.165) is 0 Å². The van der Waals surface area contributed by atoms with Crippen LogP contribution in [0.25, 0.3) is 0 Å². The van der Waals surface area contributed by atoms with Gasteiger partial charge in [-0.05, 0) is 18.2 Å². The fourth-order valence-corrected chi connectivity index (χ4v) is 2.34. The number of hydrogen-bond donors (Lipinski definition) is 0. The predicted molar refractivity (Wildman–Crippen MR) is 74.6 cm³/mol. The van der Waals surface area contributed by atoms with Crippen LogP contribution in [0, 0.1) is 0 Å². The molecule has 0 bridgehead atoms. The summed E-state index contributed by atoms with van der Waals surface area (Å²) in [4.78, 5) is 13.6.